The van der Waals surface area contributed by atoms with E-state index in [9.17, 15) is 13.2 Å². The van der Waals surface area contributed by atoms with Crippen LogP contribution in [0, 0.1) is 23.6 Å². The third-order valence-corrected chi connectivity index (χ3v) is 8.15. The molecule has 1 aromatic rings. The van der Waals surface area contributed by atoms with Gasteiger partial charge < -0.3 is 4.74 Å². The summed E-state index contributed by atoms with van der Waals surface area (Å²) in [5, 5.41) is 0. The minimum atomic E-state index is -2.81. The van der Waals surface area contributed by atoms with Crippen molar-refractivity contribution in [3.05, 3.63) is 29.1 Å². The molecule has 0 radical (unpaired) electrons. The van der Waals surface area contributed by atoms with Crippen molar-refractivity contribution in [1.82, 2.24) is 0 Å². The number of halogens is 3. The molecule has 0 atom stereocenters. The van der Waals surface area contributed by atoms with Crippen molar-refractivity contribution in [3.8, 4) is 5.75 Å². The van der Waals surface area contributed by atoms with Crippen molar-refractivity contribution in [3.63, 3.8) is 0 Å². The van der Waals surface area contributed by atoms with Crippen LogP contribution in [0.3, 0.4) is 0 Å². The summed E-state index contributed by atoms with van der Waals surface area (Å²) in [5.41, 5.74) is 0.0656. The average molecular weight is 453 g/mol. The van der Waals surface area contributed by atoms with Gasteiger partial charge in [0.1, 0.15) is 0 Å². The molecule has 0 aromatic heterocycles. The number of alkyl halides is 2. The molecule has 0 spiro atoms. The Morgan fingerprint density at radius 1 is 0.812 bits per heavy atom. The molecule has 4 heteroatoms. The first-order valence-electron chi connectivity index (χ1n) is 13.3. The van der Waals surface area contributed by atoms with Gasteiger partial charge in [0.2, 0.25) is 0 Å². The van der Waals surface area contributed by atoms with Crippen LogP contribution in [0.15, 0.2) is 12.1 Å². The maximum absolute atomic E-state index is 14.6. The lowest BCUT2D eigenvalue weighted by Crippen LogP contribution is -2.18. The van der Waals surface area contributed by atoms with E-state index in [4.69, 9.17) is 4.74 Å². The molecule has 0 unspecified atom stereocenters. The molecule has 0 N–H and O–H groups in total. The van der Waals surface area contributed by atoms with Gasteiger partial charge in [-0.25, -0.2) is 13.2 Å². The summed E-state index contributed by atoms with van der Waals surface area (Å²) < 4.78 is 47.2. The van der Waals surface area contributed by atoms with Crippen LogP contribution in [-0.2, 0) is 0 Å². The van der Waals surface area contributed by atoms with Crippen molar-refractivity contribution in [2.24, 2.45) is 17.8 Å². The number of hydrogen-bond donors (Lipinski definition) is 0. The second-order valence-electron chi connectivity index (χ2n) is 10.3. The highest BCUT2D eigenvalue weighted by molar-refractivity contribution is 5.40. The Bertz CT molecular complexity index is 674. The van der Waals surface area contributed by atoms with E-state index in [1.165, 1.54) is 70.3 Å². The zero-order valence-electron chi connectivity index (χ0n) is 20.2. The van der Waals surface area contributed by atoms with Gasteiger partial charge in [-0.15, -0.1) is 0 Å². The summed E-state index contributed by atoms with van der Waals surface area (Å²) >= 11 is 0. The number of rotatable bonds is 11. The van der Waals surface area contributed by atoms with Gasteiger partial charge in [-0.2, -0.15) is 0 Å². The zero-order chi connectivity index (χ0) is 22.9. The van der Waals surface area contributed by atoms with Gasteiger partial charge in [0.15, 0.2) is 11.6 Å². The Kier molecular flexibility index (Phi) is 10.2. The SMILES string of the molecule is CCCCCC1CCC(CCC2CCC(c3ccc(OCC)c(F)c3C(F)F)CC2)CC1. The van der Waals surface area contributed by atoms with Gasteiger partial charge in [-0.05, 0) is 67.9 Å². The lowest BCUT2D eigenvalue weighted by molar-refractivity contribution is 0.142. The highest BCUT2D eigenvalue weighted by Gasteiger charge is 2.30. The first kappa shape index (κ1) is 25.4. The molecule has 0 amide bonds. The van der Waals surface area contributed by atoms with Crippen LogP contribution in [-0.4, -0.2) is 6.61 Å². The molecule has 0 heterocycles. The largest absolute Gasteiger partial charge is 0.491 e. The molecule has 2 fully saturated rings. The molecule has 3 rings (SSSR count). The van der Waals surface area contributed by atoms with E-state index >= 15 is 0 Å². The Hall–Kier alpha value is -1.19. The van der Waals surface area contributed by atoms with Crippen LogP contribution in [0.1, 0.15) is 127 Å². The lowest BCUT2D eigenvalue weighted by Gasteiger charge is -2.33. The van der Waals surface area contributed by atoms with Crippen LogP contribution in [0.4, 0.5) is 13.2 Å². The molecule has 0 bridgehead atoms. The molecule has 0 aliphatic heterocycles. The normalized spacial score (nSPS) is 26.4. The quantitative estimate of drug-likeness (QED) is 0.304. The highest BCUT2D eigenvalue weighted by Crippen LogP contribution is 2.44. The molecule has 2 aliphatic carbocycles. The summed E-state index contributed by atoms with van der Waals surface area (Å²) in [6.07, 6.45) is 14.9. The first-order chi connectivity index (χ1) is 15.5. The average Bonchev–Trinajstić information content (AvgIpc) is 2.80. The fourth-order valence-electron chi connectivity index (χ4n) is 6.16. The summed E-state index contributed by atoms with van der Waals surface area (Å²) in [4.78, 5) is 0. The van der Waals surface area contributed by atoms with Crippen molar-refractivity contribution in [1.29, 1.82) is 0 Å². The maximum Gasteiger partial charge on any atom is 0.267 e. The minimum absolute atomic E-state index is 0.0407. The zero-order valence-corrected chi connectivity index (χ0v) is 20.2. The fraction of sp³-hybridized carbons (Fsp3) is 0.786. The summed E-state index contributed by atoms with van der Waals surface area (Å²) in [6.45, 7) is 4.28. The third-order valence-electron chi connectivity index (χ3n) is 8.15. The van der Waals surface area contributed by atoms with Gasteiger partial charge in [-0.3, -0.25) is 0 Å². The molecule has 2 saturated carbocycles. The Labute approximate surface area is 193 Å². The fourth-order valence-corrected chi connectivity index (χ4v) is 6.16. The number of benzene rings is 1. The summed E-state index contributed by atoms with van der Waals surface area (Å²) in [6, 6.07) is 3.21. The van der Waals surface area contributed by atoms with Gasteiger partial charge in [0, 0.05) is 0 Å². The molecule has 32 heavy (non-hydrogen) atoms. The maximum atomic E-state index is 14.6. The smallest absolute Gasteiger partial charge is 0.267 e. The topological polar surface area (TPSA) is 9.23 Å². The van der Waals surface area contributed by atoms with E-state index < -0.39 is 17.8 Å². The van der Waals surface area contributed by atoms with Gasteiger partial charge in [0.05, 0.1) is 12.2 Å². The van der Waals surface area contributed by atoms with Gasteiger partial charge in [0.25, 0.3) is 6.43 Å². The number of ether oxygens (including phenoxy) is 1. The first-order valence-corrected chi connectivity index (χ1v) is 13.3. The van der Waals surface area contributed by atoms with Gasteiger partial charge >= 0.3 is 0 Å². The molecular weight excluding hydrogens is 409 g/mol. The van der Waals surface area contributed by atoms with Crippen molar-refractivity contribution in [2.45, 2.75) is 116 Å². The Morgan fingerprint density at radius 3 is 1.91 bits per heavy atom. The van der Waals surface area contributed by atoms with Crippen molar-refractivity contribution < 1.29 is 17.9 Å². The standard InChI is InChI=1S/C28H43F3O/c1-3-5-6-7-20-8-10-21(11-9-20)12-13-22-14-16-23(17-15-22)24-18-19-25(32-4-2)27(29)26(24)28(30)31/h18-23,28H,3-17H2,1-2H3. The molecule has 0 saturated heterocycles. The summed E-state index contributed by atoms with van der Waals surface area (Å²) in [5.74, 6) is 1.68. The van der Waals surface area contributed by atoms with E-state index in [1.54, 1.807) is 13.0 Å². The third kappa shape index (κ3) is 6.90. The van der Waals surface area contributed by atoms with E-state index in [2.05, 4.69) is 6.92 Å². The molecule has 2 aliphatic rings. The molecule has 182 valence electrons. The predicted molar refractivity (Wildman–Crippen MR) is 126 cm³/mol. The van der Waals surface area contributed by atoms with Crippen LogP contribution in [0.5, 0.6) is 5.75 Å². The van der Waals surface area contributed by atoms with E-state index in [1.807, 2.05) is 0 Å². The van der Waals surface area contributed by atoms with E-state index in [-0.39, 0.29) is 18.3 Å². The summed E-state index contributed by atoms with van der Waals surface area (Å²) in [7, 11) is 0. The van der Waals surface area contributed by atoms with Crippen molar-refractivity contribution in [2.75, 3.05) is 6.61 Å². The highest BCUT2D eigenvalue weighted by atomic mass is 19.3. The minimum Gasteiger partial charge on any atom is -0.491 e. The predicted octanol–water partition coefficient (Wildman–Crippen LogP) is 9.60. The number of unbranched alkanes of at least 4 members (excludes halogenated alkanes) is 2. The Balaban J connectivity index is 1.44. The lowest BCUT2D eigenvalue weighted by atomic mass is 9.73. The number of hydrogen-bond acceptors (Lipinski definition) is 1. The molecule has 1 nitrogen and oxygen atoms in total. The molecular formula is C28H43F3O. The molecule has 1 aromatic carbocycles. The van der Waals surface area contributed by atoms with E-state index in [0.717, 1.165) is 37.5 Å². The van der Waals surface area contributed by atoms with Gasteiger partial charge in [-0.1, -0.05) is 77.2 Å². The second-order valence-corrected chi connectivity index (χ2v) is 10.3. The van der Waals surface area contributed by atoms with Crippen LogP contribution in [0.25, 0.3) is 0 Å². The Morgan fingerprint density at radius 2 is 1.38 bits per heavy atom. The second kappa shape index (κ2) is 12.9. The monoisotopic (exact) mass is 452 g/mol. The van der Waals surface area contributed by atoms with Crippen LogP contribution >= 0.6 is 0 Å². The van der Waals surface area contributed by atoms with Crippen molar-refractivity contribution >= 4 is 0 Å². The van der Waals surface area contributed by atoms with Crippen LogP contribution in [0.2, 0.25) is 0 Å². The van der Waals surface area contributed by atoms with Crippen LogP contribution < -0.4 is 4.74 Å². The van der Waals surface area contributed by atoms with E-state index in [0.29, 0.717) is 11.5 Å².